The van der Waals surface area contributed by atoms with Gasteiger partial charge in [-0.2, -0.15) is 0 Å². The van der Waals surface area contributed by atoms with Crippen LogP contribution in [0.4, 0.5) is 5.82 Å². The van der Waals surface area contributed by atoms with E-state index < -0.39 is 69.2 Å². The van der Waals surface area contributed by atoms with Gasteiger partial charge in [-0.05, 0) is 11.1 Å². The van der Waals surface area contributed by atoms with Gasteiger partial charge in [0.15, 0.2) is 23.2 Å². The first-order valence-electron chi connectivity index (χ1n) is 13.6. The second-order valence-electron chi connectivity index (χ2n) is 10.3. The fourth-order valence-corrected chi connectivity index (χ4v) is 7.23. The third-order valence-electron chi connectivity index (χ3n) is 7.22. The number of aliphatic hydroxyl groups excluding tert-OH is 3. The summed E-state index contributed by atoms with van der Waals surface area (Å²) in [6, 6.07) is 19.6. The van der Waals surface area contributed by atoms with Crippen molar-refractivity contribution in [3.8, 4) is 0 Å². The van der Waals surface area contributed by atoms with Crippen molar-refractivity contribution < 1.29 is 36.9 Å². The summed E-state index contributed by atoms with van der Waals surface area (Å²) in [6.45, 7) is -0.574. The zero-order valence-electron chi connectivity index (χ0n) is 23.3. The van der Waals surface area contributed by atoms with Crippen LogP contribution in [0.25, 0.3) is 11.2 Å². The minimum absolute atomic E-state index is 0.00338. The maximum absolute atomic E-state index is 12.5. The van der Waals surface area contributed by atoms with Gasteiger partial charge in [-0.25, -0.2) is 41.6 Å². The number of rotatable bonds is 13. The van der Waals surface area contributed by atoms with E-state index >= 15 is 0 Å². The number of nitrogens with two attached hydrogens (primary N) is 1. The Bertz CT molecular complexity index is 1750. The third kappa shape index (κ3) is 7.39. The van der Waals surface area contributed by atoms with Gasteiger partial charge >= 0.3 is 0 Å². The maximum atomic E-state index is 12.5. The second kappa shape index (κ2) is 13.2. The van der Waals surface area contributed by atoms with Crippen molar-refractivity contribution in [2.24, 2.45) is 5.14 Å². The van der Waals surface area contributed by atoms with Crippen LogP contribution in [0.5, 0.6) is 0 Å². The van der Waals surface area contributed by atoms with Crippen LogP contribution in [0.2, 0.25) is 0 Å². The lowest BCUT2D eigenvalue weighted by Crippen LogP contribution is -2.33. The molecule has 3 heterocycles. The standard InChI is InChI=1S/C27H33N7O8S2/c28-43(38,39)11-12-44(40,41)31-14-21-32-25(29-13-19(17-7-3-1-4-8-17)18-9-5-2-6-10-18)22-26(33-21)34(16-30-22)27-24(37)23(36)20(15-35)42-27/h1-10,16,19-20,23-24,27,31,35-37H,11-15H2,(H2,28,38,39)(H,29,32,33)/t20-,23-,24-,27-/m1/s1. The van der Waals surface area contributed by atoms with Crippen molar-refractivity contribution in [3.05, 3.63) is 83.9 Å². The smallest absolute Gasteiger partial charge is 0.213 e. The van der Waals surface area contributed by atoms with Gasteiger partial charge in [-0.15, -0.1) is 0 Å². The van der Waals surface area contributed by atoms with E-state index in [1.54, 1.807) is 0 Å². The molecule has 1 aliphatic rings. The van der Waals surface area contributed by atoms with Crippen LogP contribution in [-0.2, 0) is 31.3 Å². The Balaban J connectivity index is 1.49. The van der Waals surface area contributed by atoms with Crippen molar-refractivity contribution in [2.45, 2.75) is 37.0 Å². The highest BCUT2D eigenvalue weighted by atomic mass is 32.2. The fraction of sp³-hybridized carbons (Fsp3) is 0.370. The molecule has 2 aromatic heterocycles. The normalized spacial score (nSPS) is 20.8. The number of aliphatic hydroxyl groups is 3. The van der Waals surface area contributed by atoms with Gasteiger partial charge in [0, 0.05) is 12.5 Å². The predicted molar refractivity (Wildman–Crippen MR) is 160 cm³/mol. The highest BCUT2D eigenvalue weighted by Crippen LogP contribution is 2.33. The first-order valence-corrected chi connectivity index (χ1v) is 17.0. The van der Waals surface area contributed by atoms with Crippen molar-refractivity contribution in [2.75, 3.05) is 30.0 Å². The molecule has 2 aromatic carbocycles. The molecule has 0 bridgehead atoms. The molecule has 7 N–H and O–H groups in total. The van der Waals surface area contributed by atoms with Crippen LogP contribution >= 0.6 is 0 Å². The summed E-state index contributed by atoms with van der Waals surface area (Å²) < 4.78 is 56.8. The molecule has 5 rings (SSSR count). The summed E-state index contributed by atoms with van der Waals surface area (Å²) in [5.41, 5.74) is 2.52. The van der Waals surface area contributed by atoms with Gasteiger partial charge in [0.1, 0.15) is 24.1 Å². The van der Waals surface area contributed by atoms with Crippen LogP contribution in [-0.4, -0.2) is 94.6 Å². The Kier molecular flexibility index (Phi) is 9.56. The number of hydrogen-bond acceptors (Lipinski definition) is 12. The Labute approximate surface area is 253 Å². The van der Waals surface area contributed by atoms with Gasteiger partial charge in [-0.3, -0.25) is 4.57 Å². The first-order chi connectivity index (χ1) is 21.0. The molecule has 0 aliphatic carbocycles. The summed E-state index contributed by atoms with van der Waals surface area (Å²) in [7, 11) is -8.08. The number of imidazole rings is 1. The van der Waals surface area contributed by atoms with Crippen molar-refractivity contribution >= 4 is 37.0 Å². The van der Waals surface area contributed by atoms with E-state index in [1.807, 2.05) is 60.7 Å². The number of nitrogens with one attached hydrogen (secondary N) is 2. The van der Waals surface area contributed by atoms with Crippen LogP contribution < -0.4 is 15.2 Å². The van der Waals surface area contributed by atoms with Gasteiger partial charge in [0.05, 0.1) is 31.0 Å². The monoisotopic (exact) mass is 647 g/mol. The van der Waals surface area contributed by atoms with E-state index in [-0.39, 0.29) is 28.7 Å². The number of benzene rings is 2. The largest absolute Gasteiger partial charge is 0.394 e. The molecule has 17 heteroatoms. The van der Waals surface area contributed by atoms with Gasteiger partial charge in [0.25, 0.3) is 0 Å². The molecule has 4 atom stereocenters. The van der Waals surface area contributed by atoms with E-state index in [0.29, 0.717) is 6.54 Å². The molecule has 0 unspecified atom stereocenters. The topological polar surface area (TPSA) is 232 Å². The molecule has 0 spiro atoms. The van der Waals surface area contributed by atoms with E-state index in [2.05, 4.69) is 25.0 Å². The molecule has 1 aliphatic heterocycles. The summed E-state index contributed by atoms with van der Waals surface area (Å²) >= 11 is 0. The van der Waals surface area contributed by atoms with Crippen LogP contribution in [0.3, 0.4) is 0 Å². The third-order valence-corrected chi connectivity index (χ3v) is 9.58. The number of anilines is 1. The minimum atomic E-state index is -4.07. The zero-order chi connectivity index (χ0) is 31.5. The number of sulfonamides is 2. The van der Waals surface area contributed by atoms with E-state index in [0.717, 1.165) is 11.1 Å². The van der Waals surface area contributed by atoms with Gasteiger partial charge in [-0.1, -0.05) is 60.7 Å². The average molecular weight is 648 g/mol. The highest BCUT2D eigenvalue weighted by molar-refractivity contribution is 7.93. The number of nitrogens with zero attached hydrogens (tertiary/aromatic N) is 4. The summed E-state index contributed by atoms with van der Waals surface area (Å²) in [4.78, 5) is 13.4. The molecule has 0 radical (unpaired) electrons. The SMILES string of the molecule is NS(=O)(=O)CCS(=O)(=O)NCc1nc(NCC(c2ccccc2)c2ccccc2)c2ncn([C@@H]3O[C@H](CO)[C@@H](O)[C@H]3O)c2n1. The Morgan fingerprint density at radius 1 is 0.932 bits per heavy atom. The minimum Gasteiger partial charge on any atom is -0.394 e. The van der Waals surface area contributed by atoms with Gasteiger partial charge < -0.3 is 25.4 Å². The number of fused-ring (bicyclic) bond motifs is 1. The van der Waals surface area contributed by atoms with Crippen LogP contribution in [0, 0.1) is 0 Å². The molecule has 44 heavy (non-hydrogen) atoms. The van der Waals surface area contributed by atoms with Crippen molar-refractivity contribution in [1.29, 1.82) is 0 Å². The van der Waals surface area contributed by atoms with E-state index in [9.17, 15) is 32.2 Å². The fourth-order valence-electron chi connectivity index (χ4n) is 4.93. The molecule has 236 valence electrons. The number of hydrogen-bond donors (Lipinski definition) is 6. The lowest BCUT2D eigenvalue weighted by molar-refractivity contribution is -0.0511. The quantitative estimate of drug-likeness (QED) is 0.107. The zero-order valence-corrected chi connectivity index (χ0v) is 25.0. The number of ether oxygens (including phenoxy) is 1. The van der Waals surface area contributed by atoms with Crippen molar-refractivity contribution in [1.82, 2.24) is 24.2 Å². The molecule has 1 saturated heterocycles. The van der Waals surface area contributed by atoms with E-state index in [1.165, 1.54) is 10.9 Å². The van der Waals surface area contributed by atoms with Crippen LogP contribution in [0.1, 0.15) is 29.1 Å². The number of primary sulfonamides is 1. The first kappa shape index (κ1) is 31.9. The molecule has 1 fully saturated rings. The van der Waals surface area contributed by atoms with Crippen molar-refractivity contribution in [3.63, 3.8) is 0 Å². The Morgan fingerprint density at radius 2 is 1.57 bits per heavy atom. The molecule has 15 nitrogen and oxygen atoms in total. The maximum Gasteiger partial charge on any atom is 0.213 e. The Hall–Kier alpha value is -3.55. The summed E-state index contributed by atoms with van der Waals surface area (Å²) in [5, 5.41) is 38.8. The number of aromatic nitrogens is 4. The molecule has 0 saturated carbocycles. The van der Waals surface area contributed by atoms with E-state index in [4.69, 9.17) is 9.88 Å². The lowest BCUT2D eigenvalue weighted by Gasteiger charge is -2.20. The molecular weight excluding hydrogens is 614 g/mol. The predicted octanol–water partition coefficient (Wildman–Crippen LogP) is -0.610. The molecule has 0 amide bonds. The molecular formula is C27H33N7O8S2. The average Bonchev–Trinajstić information content (AvgIpc) is 3.56. The lowest BCUT2D eigenvalue weighted by atomic mass is 9.91. The highest BCUT2D eigenvalue weighted by Gasteiger charge is 2.44. The summed E-state index contributed by atoms with van der Waals surface area (Å²) in [5.74, 6) is -1.37. The second-order valence-corrected chi connectivity index (χ2v) is 14.0. The Morgan fingerprint density at radius 3 is 2.14 bits per heavy atom. The van der Waals surface area contributed by atoms with Gasteiger partial charge in [0.2, 0.25) is 20.0 Å². The van der Waals surface area contributed by atoms with Crippen LogP contribution in [0.15, 0.2) is 67.0 Å². The summed E-state index contributed by atoms with van der Waals surface area (Å²) in [6.07, 6.45) is -3.65. The molecule has 4 aromatic rings.